The molecule has 1 fully saturated rings. The SMILES string of the molecule is O=C1N/C(=C/c2cc(Cl)c(OCc3cccc4ccccc34)c(Br)c2)C(=O)N1c1ccccc1. The van der Waals surface area contributed by atoms with Gasteiger partial charge < -0.3 is 10.1 Å². The molecule has 0 unspecified atom stereocenters. The summed E-state index contributed by atoms with van der Waals surface area (Å²) in [7, 11) is 0. The second-order valence-electron chi connectivity index (χ2n) is 7.70. The highest BCUT2D eigenvalue weighted by molar-refractivity contribution is 9.10. The van der Waals surface area contributed by atoms with E-state index in [2.05, 4.69) is 39.4 Å². The lowest BCUT2D eigenvalue weighted by Gasteiger charge is -2.13. The largest absolute Gasteiger partial charge is 0.486 e. The van der Waals surface area contributed by atoms with Gasteiger partial charge in [-0.15, -0.1) is 0 Å². The number of anilines is 1. The fourth-order valence-corrected chi connectivity index (χ4v) is 4.87. The number of urea groups is 1. The molecule has 4 aromatic rings. The van der Waals surface area contributed by atoms with Crippen molar-refractivity contribution in [3.05, 3.63) is 111 Å². The van der Waals surface area contributed by atoms with E-state index in [1.165, 1.54) is 0 Å². The van der Waals surface area contributed by atoms with Gasteiger partial charge in [0.2, 0.25) is 0 Å². The zero-order valence-corrected chi connectivity index (χ0v) is 20.1. The van der Waals surface area contributed by atoms with Crippen molar-refractivity contribution in [1.82, 2.24) is 5.32 Å². The number of nitrogens with zero attached hydrogens (tertiary/aromatic N) is 1. The van der Waals surface area contributed by atoms with Crippen LogP contribution in [0.2, 0.25) is 5.02 Å². The molecule has 0 saturated carbocycles. The van der Waals surface area contributed by atoms with E-state index in [0.717, 1.165) is 21.2 Å². The van der Waals surface area contributed by atoms with Crippen molar-refractivity contribution >= 4 is 62.0 Å². The molecule has 1 saturated heterocycles. The lowest BCUT2D eigenvalue weighted by Crippen LogP contribution is -2.30. The van der Waals surface area contributed by atoms with Crippen molar-refractivity contribution in [3.63, 3.8) is 0 Å². The molecular formula is C27H18BrClN2O3. The average Bonchev–Trinajstić information content (AvgIpc) is 3.11. The molecule has 0 aliphatic carbocycles. The van der Waals surface area contributed by atoms with Gasteiger partial charge in [-0.3, -0.25) is 4.79 Å². The molecule has 0 aromatic heterocycles. The van der Waals surface area contributed by atoms with Gasteiger partial charge in [0.25, 0.3) is 5.91 Å². The van der Waals surface area contributed by atoms with Gasteiger partial charge in [0, 0.05) is 0 Å². The molecule has 0 spiro atoms. The number of carbonyl (C=O) groups excluding carboxylic acids is 2. The van der Waals surface area contributed by atoms with Crippen LogP contribution in [-0.4, -0.2) is 11.9 Å². The van der Waals surface area contributed by atoms with Gasteiger partial charge in [-0.2, -0.15) is 0 Å². The third kappa shape index (κ3) is 4.30. The van der Waals surface area contributed by atoms with Gasteiger partial charge in [-0.1, -0.05) is 72.3 Å². The van der Waals surface area contributed by atoms with Gasteiger partial charge in [0.1, 0.15) is 12.3 Å². The zero-order valence-electron chi connectivity index (χ0n) is 17.8. The summed E-state index contributed by atoms with van der Waals surface area (Å²) in [6.45, 7) is 0.348. The predicted molar refractivity (Wildman–Crippen MR) is 138 cm³/mol. The van der Waals surface area contributed by atoms with E-state index in [4.69, 9.17) is 16.3 Å². The monoisotopic (exact) mass is 532 g/mol. The third-order valence-electron chi connectivity index (χ3n) is 5.48. The minimum atomic E-state index is -0.498. The van der Waals surface area contributed by atoms with Crippen LogP contribution in [0.1, 0.15) is 11.1 Å². The van der Waals surface area contributed by atoms with E-state index in [1.807, 2.05) is 30.3 Å². The summed E-state index contributed by atoms with van der Waals surface area (Å²) in [6.07, 6.45) is 1.59. The maximum Gasteiger partial charge on any atom is 0.333 e. The first kappa shape index (κ1) is 22.2. The normalized spacial score (nSPS) is 14.6. The minimum Gasteiger partial charge on any atom is -0.486 e. The first-order valence-corrected chi connectivity index (χ1v) is 11.7. The number of nitrogens with one attached hydrogen (secondary N) is 1. The summed E-state index contributed by atoms with van der Waals surface area (Å²) in [5.41, 5.74) is 2.37. The Labute approximate surface area is 209 Å². The Morgan fingerprint density at radius 3 is 2.47 bits per heavy atom. The lowest BCUT2D eigenvalue weighted by atomic mass is 10.1. The molecule has 1 aliphatic heterocycles. The van der Waals surface area contributed by atoms with Crippen molar-refractivity contribution in [2.24, 2.45) is 0 Å². The molecule has 7 heteroatoms. The van der Waals surface area contributed by atoms with Crippen LogP contribution in [0.15, 0.2) is 95.1 Å². The van der Waals surface area contributed by atoms with Gasteiger partial charge >= 0.3 is 6.03 Å². The molecule has 5 rings (SSSR count). The number of fused-ring (bicyclic) bond motifs is 1. The average molecular weight is 534 g/mol. The standard InChI is InChI=1S/C27H18BrClN2O3/c28-22-13-17(15-24-26(32)31(27(33)30-24)20-10-2-1-3-11-20)14-23(29)25(22)34-16-19-9-6-8-18-7-4-5-12-21(18)19/h1-15H,16H2,(H,30,33)/b24-15+. The highest BCUT2D eigenvalue weighted by atomic mass is 79.9. The molecule has 34 heavy (non-hydrogen) atoms. The lowest BCUT2D eigenvalue weighted by molar-refractivity contribution is -0.113. The van der Waals surface area contributed by atoms with Crippen molar-refractivity contribution in [2.45, 2.75) is 6.61 Å². The van der Waals surface area contributed by atoms with Crippen molar-refractivity contribution < 1.29 is 14.3 Å². The van der Waals surface area contributed by atoms with Crippen molar-refractivity contribution in [3.8, 4) is 5.75 Å². The molecule has 3 amide bonds. The van der Waals surface area contributed by atoms with E-state index >= 15 is 0 Å². The van der Waals surface area contributed by atoms with Gasteiger partial charge in [-0.25, -0.2) is 9.69 Å². The number of benzene rings is 4. The van der Waals surface area contributed by atoms with Crippen LogP contribution < -0.4 is 15.0 Å². The zero-order chi connectivity index (χ0) is 23.7. The minimum absolute atomic E-state index is 0.168. The van der Waals surface area contributed by atoms with Gasteiger partial charge in [0.05, 0.1) is 15.2 Å². The number of ether oxygens (including phenoxy) is 1. The van der Waals surface area contributed by atoms with Gasteiger partial charge in [0.15, 0.2) is 5.75 Å². The Hall–Kier alpha value is -3.61. The van der Waals surface area contributed by atoms with E-state index in [-0.39, 0.29) is 5.70 Å². The summed E-state index contributed by atoms with van der Waals surface area (Å²) in [4.78, 5) is 26.3. The first-order valence-electron chi connectivity index (χ1n) is 10.5. The fraction of sp³-hybridized carbons (Fsp3) is 0.0370. The molecule has 168 valence electrons. The second kappa shape index (κ2) is 9.33. The molecule has 0 bridgehead atoms. The Morgan fingerprint density at radius 2 is 1.68 bits per heavy atom. The van der Waals surface area contributed by atoms with Crippen LogP contribution >= 0.6 is 27.5 Å². The van der Waals surface area contributed by atoms with Crippen LogP contribution in [0, 0.1) is 0 Å². The molecule has 1 aliphatic rings. The van der Waals surface area contributed by atoms with Crippen molar-refractivity contribution in [2.75, 3.05) is 4.90 Å². The summed E-state index contributed by atoms with van der Waals surface area (Å²) in [5.74, 6) is 0.0733. The number of hydrogen-bond donors (Lipinski definition) is 1. The summed E-state index contributed by atoms with van der Waals surface area (Å²) in [5, 5.41) is 5.28. The number of para-hydroxylation sites is 1. The van der Waals surface area contributed by atoms with Crippen LogP contribution in [0.25, 0.3) is 16.8 Å². The predicted octanol–water partition coefficient (Wildman–Crippen LogP) is 6.93. The topological polar surface area (TPSA) is 58.6 Å². The summed E-state index contributed by atoms with van der Waals surface area (Å²) >= 11 is 10.1. The summed E-state index contributed by atoms with van der Waals surface area (Å²) < 4.78 is 6.70. The Kier molecular flexibility index (Phi) is 6.09. The number of halogens is 2. The number of rotatable bonds is 5. The smallest absolute Gasteiger partial charge is 0.333 e. The van der Waals surface area contributed by atoms with E-state index in [9.17, 15) is 9.59 Å². The quantitative estimate of drug-likeness (QED) is 0.223. The Morgan fingerprint density at radius 1 is 0.941 bits per heavy atom. The van der Waals surface area contributed by atoms with Crippen molar-refractivity contribution in [1.29, 1.82) is 0 Å². The molecule has 0 atom stereocenters. The molecule has 1 N–H and O–H groups in total. The van der Waals surface area contributed by atoms with Crippen LogP contribution in [0.5, 0.6) is 5.75 Å². The molecule has 5 nitrogen and oxygen atoms in total. The van der Waals surface area contributed by atoms with E-state index < -0.39 is 11.9 Å². The highest BCUT2D eigenvalue weighted by Gasteiger charge is 2.34. The maximum atomic E-state index is 12.8. The van der Waals surface area contributed by atoms with Crippen LogP contribution in [0.4, 0.5) is 10.5 Å². The number of hydrogen-bond acceptors (Lipinski definition) is 3. The van der Waals surface area contributed by atoms with E-state index in [1.54, 1.807) is 42.5 Å². The maximum absolute atomic E-state index is 12.8. The first-order chi connectivity index (χ1) is 16.5. The number of amides is 3. The van der Waals surface area contributed by atoms with Crippen LogP contribution in [-0.2, 0) is 11.4 Å². The second-order valence-corrected chi connectivity index (χ2v) is 8.97. The third-order valence-corrected chi connectivity index (χ3v) is 6.35. The summed E-state index contributed by atoms with van der Waals surface area (Å²) in [6, 6.07) is 26.0. The van der Waals surface area contributed by atoms with Gasteiger partial charge in [-0.05, 0) is 68.2 Å². The molecule has 1 heterocycles. The molecule has 4 aromatic carbocycles. The number of imide groups is 1. The number of carbonyl (C=O) groups is 2. The Bertz CT molecular complexity index is 1420. The fourth-order valence-electron chi connectivity index (χ4n) is 3.88. The Balaban J connectivity index is 1.38. The molecular weight excluding hydrogens is 516 g/mol. The molecule has 0 radical (unpaired) electrons. The van der Waals surface area contributed by atoms with E-state index in [0.29, 0.717) is 33.1 Å². The van der Waals surface area contributed by atoms with Crippen LogP contribution in [0.3, 0.4) is 0 Å². The highest BCUT2D eigenvalue weighted by Crippen LogP contribution is 2.36.